The Balaban J connectivity index is 1.52. The van der Waals surface area contributed by atoms with Crippen LogP contribution in [0.3, 0.4) is 0 Å². The van der Waals surface area contributed by atoms with Crippen LogP contribution in [-0.2, 0) is 16.0 Å². The molecule has 1 amide bonds. The summed E-state index contributed by atoms with van der Waals surface area (Å²) in [5, 5.41) is 4.09. The predicted octanol–water partition coefficient (Wildman–Crippen LogP) is 1.59. The Morgan fingerprint density at radius 1 is 1.36 bits per heavy atom. The summed E-state index contributed by atoms with van der Waals surface area (Å²) in [4.78, 5) is 21.0. The molecule has 2 aromatic rings. The first kappa shape index (κ1) is 17.4. The minimum Gasteiger partial charge on any atom is -0.396 e. The molecule has 1 aliphatic heterocycles. The molecule has 7 nitrogen and oxygen atoms in total. The maximum Gasteiger partial charge on any atom is 0.257 e. The van der Waals surface area contributed by atoms with Crippen molar-refractivity contribution in [3.8, 4) is 0 Å². The average molecular weight is 345 g/mol. The Kier molecular flexibility index (Phi) is 5.67. The van der Waals surface area contributed by atoms with Crippen LogP contribution >= 0.6 is 0 Å². The Hall–Kier alpha value is -2.38. The van der Waals surface area contributed by atoms with Gasteiger partial charge in [-0.3, -0.25) is 4.79 Å². The Bertz CT molecular complexity index is 683. The summed E-state index contributed by atoms with van der Waals surface area (Å²) in [7, 11) is 1.77. The minimum atomic E-state index is -0.242. The van der Waals surface area contributed by atoms with E-state index >= 15 is 0 Å². The number of rotatable bonds is 7. The molecule has 7 heteroatoms. The summed E-state index contributed by atoms with van der Waals surface area (Å²) in [6, 6.07) is 9.85. The van der Waals surface area contributed by atoms with Crippen LogP contribution in [-0.4, -0.2) is 53.9 Å². The molecule has 1 fully saturated rings. The largest absolute Gasteiger partial charge is 0.396 e. The molecule has 1 aliphatic rings. The third kappa shape index (κ3) is 4.58. The summed E-state index contributed by atoms with van der Waals surface area (Å²) >= 11 is 0. The van der Waals surface area contributed by atoms with E-state index < -0.39 is 0 Å². The first-order valence-corrected chi connectivity index (χ1v) is 8.34. The lowest BCUT2D eigenvalue weighted by atomic mass is 10.2. The summed E-state index contributed by atoms with van der Waals surface area (Å²) in [6.45, 7) is 4.14. The molecular formula is C18H23N3O4. The van der Waals surface area contributed by atoms with Crippen molar-refractivity contribution in [1.82, 2.24) is 14.8 Å². The number of hydrogen-bond donors (Lipinski definition) is 0. The van der Waals surface area contributed by atoms with Crippen molar-refractivity contribution in [3.63, 3.8) is 0 Å². The van der Waals surface area contributed by atoms with Crippen molar-refractivity contribution in [1.29, 1.82) is 0 Å². The van der Waals surface area contributed by atoms with Gasteiger partial charge in [0.1, 0.15) is 6.61 Å². The molecule has 1 saturated heterocycles. The van der Waals surface area contributed by atoms with Gasteiger partial charge in [0.05, 0.1) is 31.2 Å². The summed E-state index contributed by atoms with van der Waals surface area (Å²) in [5.74, 6) is -0.0270. The van der Waals surface area contributed by atoms with Crippen molar-refractivity contribution in [2.75, 3.05) is 26.9 Å². The molecule has 0 spiro atoms. The number of hydrogen-bond acceptors (Lipinski definition) is 5. The standard InChI is InChI=1S/C18H23N3O4/c1-14(18-23-8-9-24-18)13-25-21-12-16(10-19-21)17(22)20(2)11-15-6-4-3-5-7-15/h3-7,10,12,14,18H,8-9,11,13H2,1-2H3. The number of nitrogens with zero attached hydrogens (tertiary/aromatic N) is 3. The monoisotopic (exact) mass is 345 g/mol. The molecule has 0 aliphatic carbocycles. The molecule has 3 rings (SSSR count). The molecule has 25 heavy (non-hydrogen) atoms. The quantitative estimate of drug-likeness (QED) is 0.762. The molecule has 134 valence electrons. The summed E-state index contributed by atoms with van der Waals surface area (Å²) in [5.41, 5.74) is 1.56. The number of ether oxygens (including phenoxy) is 2. The Morgan fingerprint density at radius 2 is 2.08 bits per heavy atom. The lowest BCUT2D eigenvalue weighted by molar-refractivity contribution is -0.101. The molecule has 1 unspecified atom stereocenters. The molecule has 1 aromatic carbocycles. The molecule has 1 aromatic heterocycles. The van der Waals surface area contributed by atoms with E-state index in [2.05, 4.69) is 5.10 Å². The van der Waals surface area contributed by atoms with Crippen LogP contribution in [0.1, 0.15) is 22.8 Å². The van der Waals surface area contributed by atoms with Gasteiger partial charge >= 0.3 is 0 Å². The zero-order valence-corrected chi connectivity index (χ0v) is 14.5. The second-order valence-electron chi connectivity index (χ2n) is 6.16. The third-order valence-electron chi connectivity index (χ3n) is 4.00. The van der Waals surface area contributed by atoms with Gasteiger partial charge in [0.25, 0.3) is 5.91 Å². The first-order valence-electron chi connectivity index (χ1n) is 8.34. The van der Waals surface area contributed by atoms with Crippen LogP contribution in [0.5, 0.6) is 0 Å². The average Bonchev–Trinajstić information content (AvgIpc) is 3.32. The van der Waals surface area contributed by atoms with E-state index in [1.165, 1.54) is 11.0 Å². The number of carbonyl (C=O) groups excluding carboxylic acids is 1. The number of amides is 1. The highest BCUT2D eigenvalue weighted by atomic mass is 16.7. The number of benzene rings is 1. The van der Waals surface area contributed by atoms with Gasteiger partial charge in [-0.05, 0) is 5.56 Å². The fraction of sp³-hybridized carbons (Fsp3) is 0.444. The fourth-order valence-electron chi connectivity index (χ4n) is 2.61. The van der Waals surface area contributed by atoms with Gasteiger partial charge < -0.3 is 19.2 Å². The fourth-order valence-corrected chi connectivity index (χ4v) is 2.61. The molecule has 0 bridgehead atoms. The maximum absolute atomic E-state index is 12.5. The molecule has 0 N–H and O–H groups in total. The molecule has 0 radical (unpaired) electrons. The van der Waals surface area contributed by atoms with Crippen LogP contribution in [0, 0.1) is 5.92 Å². The van der Waals surface area contributed by atoms with Gasteiger partial charge in [0, 0.05) is 19.5 Å². The van der Waals surface area contributed by atoms with Gasteiger partial charge in [-0.25, -0.2) is 0 Å². The summed E-state index contributed by atoms with van der Waals surface area (Å²) < 4.78 is 10.9. The van der Waals surface area contributed by atoms with E-state index in [1.54, 1.807) is 18.1 Å². The maximum atomic E-state index is 12.5. The van der Waals surface area contributed by atoms with Crippen molar-refractivity contribution in [2.45, 2.75) is 19.8 Å². The van der Waals surface area contributed by atoms with E-state index in [0.717, 1.165) is 5.56 Å². The van der Waals surface area contributed by atoms with Crippen molar-refractivity contribution >= 4 is 5.91 Å². The third-order valence-corrected chi connectivity index (χ3v) is 4.00. The highest BCUT2D eigenvalue weighted by molar-refractivity contribution is 5.93. The number of carbonyl (C=O) groups is 1. The van der Waals surface area contributed by atoms with E-state index in [-0.39, 0.29) is 18.1 Å². The zero-order chi connectivity index (χ0) is 17.6. The van der Waals surface area contributed by atoms with Crippen LogP contribution in [0.2, 0.25) is 0 Å². The van der Waals surface area contributed by atoms with Crippen molar-refractivity contribution < 1.29 is 19.1 Å². The SMILES string of the molecule is CC(COn1cc(C(=O)N(C)Cc2ccccc2)cn1)C1OCCO1. The van der Waals surface area contributed by atoms with Crippen LogP contribution in [0.25, 0.3) is 0 Å². The predicted molar refractivity (Wildman–Crippen MR) is 90.8 cm³/mol. The van der Waals surface area contributed by atoms with Gasteiger partial charge in [0.15, 0.2) is 6.29 Å². The Morgan fingerprint density at radius 3 is 2.80 bits per heavy atom. The van der Waals surface area contributed by atoms with Crippen LogP contribution in [0.15, 0.2) is 42.7 Å². The van der Waals surface area contributed by atoms with E-state index in [1.807, 2.05) is 37.3 Å². The molecule has 2 heterocycles. The van der Waals surface area contributed by atoms with Crippen molar-refractivity contribution in [2.24, 2.45) is 5.92 Å². The molecular weight excluding hydrogens is 322 g/mol. The Labute approximate surface area is 147 Å². The van der Waals surface area contributed by atoms with E-state index in [9.17, 15) is 4.79 Å². The lowest BCUT2D eigenvalue weighted by Crippen LogP contribution is -2.28. The van der Waals surface area contributed by atoms with Gasteiger partial charge in [0.2, 0.25) is 0 Å². The van der Waals surface area contributed by atoms with Gasteiger partial charge in [-0.15, -0.1) is 9.94 Å². The van der Waals surface area contributed by atoms with Gasteiger partial charge in [-0.2, -0.15) is 0 Å². The first-order chi connectivity index (χ1) is 12.1. The highest BCUT2D eigenvalue weighted by Gasteiger charge is 2.24. The normalized spacial score (nSPS) is 15.9. The lowest BCUT2D eigenvalue weighted by Gasteiger charge is -2.17. The topological polar surface area (TPSA) is 65.8 Å². The van der Waals surface area contributed by atoms with Gasteiger partial charge in [-0.1, -0.05) is 37.3 Å². The zero-order valence-electron chi connectivity index (χ0n) is 14.5. The van der Waals surface area contributed by atoms with Crippen LogP contribution < -0.4 is 4.84 Å². The molecule has 0 saturated carbocycles. The molecule has 1 atom stereocenters. The second kappa shape index (κ2) is 8.13. The van der Waals surface area contributed by atoms with E-state index in [0.29, 0.717) is 31.9 Å². The smallest absolute Gasteiger partial charge is 0.257 e. The minimum absolute atomic E-state index is 0.0756. The van der Waals surface area contributed by atoms with Crippen molar-refractivity contribution in [3.05, 3.63) is 53.9 Å². The van der Waals surface area contributed by atoms with Crippen LogP contribution in [0.4, 0.5) is 0 Å². The summed E-state index contributed by atoms with van der Waals surface area (Å²) in [6.07, 6.45) is 2.86. The highest BCUT2D eigenvalue weighted by Crippen LogP contribution is 2.14. The second-order valence-corrected chi connectivity index (χ2v) is 6.16. The van der Waals surface area contributed by atoms with E-state index in [4.69, 9.17) is 14.3 Å². The number of aromatic nitrogens is 2.